The predicted octanol–water partition coefficient (Wildman–Crippen LogP) is 0.858. The molecule has 1 aliphatic heterocycles. The van der Waals surface area contributed by atoms with Crippen LogP contribution in [-0.4, -0.2) is 33.0 Å². The summed E-state index contributed by atoms with van der Waals surface area (Å²) < 4.78 is 23.2. The Kier molecular flexibility index (Phi) is 3.74. The Hall–Kier alpha value is -0.920. The van der Waals surface area contributed by atoms with Gasteiger partial charge in [-0.3, -0.25) is 0 Å². The van der Waals surface area contributed by atoms with Gasteiger partial charge in [-0.15, -0.1) is 0 Å². The number of rotatable bonds is 3. The van der Waals surface area contributed by atoms with Crippen molar-refractivity contribution in [3.05, 3.63) is 18.2 Å². The van der Waals surface area contributed by atoms with Gasteiger partial charge in [0.1, 0.15) is 4.90 Å². The molecule has 4 N–H and O–H groups in total. The van der Waals surface area contributed by atoms with Crippen LogP contribution in [-0.2, 0) is 10.0 Å². The summed E-state index contributed by atoms with van der Waals surface area (Å²) in [4.78, 5) is 2.08. The normalized spacial score (nSPS) is 20.0. The molecule has 5 nitrogen and oxygen atoms in total. The van der Waals surface area contributed by atoms with Gasteiger partial charge >= 0.3 is 0 Å². The second-order valence-electron chi connectivity index (χ2n) is 4.40. The van der Waals surface area contributed by atoms with Crippen molar-refractivity contribution >= 4 is 33.2 Å². The van der Waals surface area contributed by atoms with Crippen LogP contribution in [0.2, 0.25) is 0 Å². The van der Waals surface area contributed by atoms with Crippen molar-refractivity contribution in [1.82, 2.24) is 0 Å². The Balaban J connectivity index is 2.43. The summed E-state index contributed by atoms with van der Waals surface area (Å²) in [6.07, 6.45) is 1.05. The molecule has 0 saturated carbocycles. The van der Waals surface area contributed by atoms with Gasteiger partial charge in [-0.25, -0.2) is 13.6 Å². The summed E-state index contributed by atoms with van der Waals surface area (Å²) in [7, 11) is -1.86. The highest BCUT2D eigenvalue weighted by atomic mass is 32.2. The maximum Gasteiger partial charge on any atom is 0.240 e. The molecule has 0 radical (unpaired) electrons. The van der Waals surface area contributed by atoms with Crippen molar-refractivity contribution in [3.63, 3.8) is 0 Å². The first-order chi connectivity index (χ1) is 8.39. The van der Waals surface area contributed by atoms with Gasteiger partial charge in [0.2, 0.25) is 10.0 Å². The SMILES string of the molecule is CN(c1ccc(N)cc1S(N)(=O)=O)C1CCSC1. The standard InChI is InChI=1S/C11H17N3O2S2/c1-14(9-4-5-17-7-9)10-3-2-8(12)6-11(10)18(13,15)16/h2-3,6,9H,4-5,7,12H2,1H3,(H2,13,15,16). The van der Waals surface area contributed by atoms with Gasteiger partial charge in [0.25, 0.3) is 0 Å². The Bertz CT molecular complexity index is 539. The number of primary sulfonamides is 1. The van der Waals surface area contributed by atoms with E-state index in [2.05, 4.69) is 0 Å². The number of anilines is 2. The molecule has 100 valence electrons. The molecule has 0 bridgehead atoms. The van der Waals surface area contributed by atoms with E-state index in [1.54, 1.807) is 12.1 Å². The Morgan fingerprint density at radius 2 is 2.17 bits per heavy atom. The minimum atomic E-state index is -3.76. The van der Waals surface area contributed by atoms with Crippen LogP contribution in [0.15, 0.2) is 23.1 Å². The number of nitrogen functional groups attached to an aromatic ring is 1. The average Bonchev–Trinajstić information content (AvgIpc) is 2.80. The van der Waals surface area contributed by atoms with Crippen molar-refractivity contribution in [2.24, 2.45) is 5.14 Å². The summed E-state index contributed by atoms with van der Waals surface area (Å²) in [5.74, 6) is 2.11. The molecule has 0 aliphatic carbocycles. The molecular formula is C11H17N3O2S2. The smallest absolute Gasteiger partial charge is 0.240 e. The summed E-state index contributed by atoms with van der Waals surface area (Å²) >= 11 is 1.87. The van der Waals surface area contributed by atoms with Gasteiger partial charge in [0.05, 0.1) is 5.69 Å². The monoisotopic (exact) mass is 287 g/mol. The fraction of sp³-hybridized carbons (Fsp3) is 0.455. The topological polar surface area (TPSA) is 89.4 Å². The van der Waals surface area contributed by atoms with E-state index >= 15 is 0 Å². The number of thioether (sulfide) groups is 1. The third-order valence-electron chi connectivity index (χ3n) is 3.12. The number of nitrogens with zero attached hydrogens (tertiary/aromatic N) is 1. The van der Waals surface area contributed by atoms with Crippen molar-refractivity contribution in [1.29, 1.82) is 0 Å². The fourth-order valence-corrected chi connectivity index (χ4v) is 4.15. The first-order valence-electron chi connectivity index (χ1n) is 5.62. The highest BCUT2D eigenvalue weighted by molar-refractivity contribution is 7.99. The molecule has 1 aliphatic rings. The number of hydrogen-bond acceptors (Lipinski definition) is 5. The van der Waals surface area contributed by atoms with E-state index in [4.69, 9.17) is 10.9 Å². The van der Waals surface area contributed by atoms with E-state index in [0.29, 0.717) is 17.4 Å². The van der Waals surface area contributed by atoms with Crippen molar-refractivity contribution < 1.29 is 8.42 Å². The zero-order chi connectivity index (χ0) is 13.3. The first kappa shape index (κ1) is 13.5. The molecule has 1 fully saturated rings. The highest BCUT2D eigenvalue weighted by Crippen LogP contribution is 2.31. The fourth-order valence-electron chi connectivity index (χ4n) is 2.07. The Morgan fingerprint density at radius 1 is 1.44 bits per heavy atom. The number of benzene rings is 1. The largest absolute Gasteiger partial charge is 0.399 e. The molecular weight excluding hydrogens is 270 g/mol. The molecule has 1 heterocycles. The van der Waals surface area contributed by atoms with E-state index in [-0.39, 0.29) is 4.90 Å². The number of hydrogen-bond donors (Lipinski definition) is 2. The summed E-state index contributed by atoms with van der Waals surface area (Å²) in [5.41, 5.74) is 6.66. The summed E-state index contributed by atoms with van der Waals surface area (Å²) in [6, 6.07) is 5.18. The lowest BCUT2D eigenvalue weighted by atomic mass is 10.2. The van der Waals surface area contributed by atoms with Crippen LogP contribution in [0.3, 0.4) is 0 Å². The van der Waals surface area contributed by atoms with E-state index in [9.17, 15) is 8.42 Å². The predicted molar refractivity (Wildman–Crippen MR) is 76.4 cm³/mol. The minimum absolute atomic E-state index is 0.0990. The molecule has 18 heavy (non-hydrogen) atoms. The lowest BCUT2D eigenvalue weighted by Crippen LogP contribution is -2.33. The lowest BCUT2D eigenvalue weighted by molar-refractivity contribution is 0.596. The van der Waals surface area contributed by atoms with Gasteiger partial charge in [0, 0.05) is 24.5 Å². The second kappa shape index (κ2) is 4.99. The molecule has 1 aromatic rings. The number of sulfonamides is 1. The third-order valence-corrected chi connectivity index (χ3v) is 5.21. The van der Waals surface area contributed by atoms with Gasteiger partial charge in [-0.2, -0.15) is 11.8 Å². The van der Waals surface area contributed by atoms with E-state index in [0.717, 1.165) is 17.9 Å². The molecule has 1 aromatic carbocycles. The molecule has 0 aromatic heterocycles. The molecule has 1 unspecified atom stereocenters. The van der Waals surface area contributed by atoms with E-state index in [1.165, 1.54) is 6.07 Å². The van der Waals surface area contributed by atoms with Crippen LogP contribution in [0.5, 0.6) is 0 Å². The van der Waals surface area contributed by atoms with Crippen LogP contribution in [0.4, 0.5) is 11.4 Å². The lowest BCUT2D eigenvalue weighted by Gasteiger charge is -2.27. The third kappa shape index (κ3) is 2.73. The van der Waals surface area contributed by atoms with Crippen LogP contribution < -0.4 is 15.8 Å². The van der Waals surface area contributed by atoms with Crippen molar-refractivity contribution in [2.75, 3.05) is 29.2 Å². The summed E-state index contributed by atoms with van der Waals surface area (Å²) in [6.45, 7) is 0. The molecule has 7 heteroatoms. The van der Waals surface area contributed by atoms with Crippen LogP contribution >= 0.6 is 11.8 Å². The zero-order valence-corrected chi connectivity index (χ0v) is 11.8. The van der Waals surface area contributed by atoms with E-state index in [1.807, 2.05) is 23.7 Å². The second-order valence-corrected chi connectivity index (χ2v) is 7.08. The maximum atomic E-state index is 11.6. The van der Waals surface area contributed by atoms with Crippen molar-refractivity contribution in [3.8, 4) is 0 Å². The molecule has 0 amide bonds. The highest BCUT2D eigenvalue weighted by Gasteiger charge is 2.24. The van der Waals surface area contributed by atoms with Gasteiger partial charge in [0.15, 0.2) is 0 Å². The molecule has 2 rings (SSSR count). The molecule has 1 saturated heterocycles. The minimum Gasteiger partial charge on any atom is -0.399 e. The Morgan fingerprint density at radius 3 is 2.72 bits per heavy atom. The zero-order valence-electron chi connectivity index (χ0n) is 10.2. The van der Waals surface area contributed by atoms with Crippen LogP contribution in [0, 0.1) is 0 Å². The summed E-state index contributed by atoms with van der Waals surface area (Å²) in [5, 5.41) is 5.25. The number of nitrogens with two attached hydrogens (primary N) is 2. The quantitative estimate of drug-likeness (QED) is 0.805. The molecule has 0 spiro atoms. The maximum absolute atomic E-state index is 11.6. The average molecular weight is 287 g/mol. The van der Waals surface area contributed by atoms with Crippen LogP contribution in [0.1, 0.15) is 6.42 Å². The van der Waals surface area contributed by atoms with Gasteiger partial charge < -0.3 is 10.6 Å². The Labute approximate surface area is 112 Å². The van der Waals surface area contributed by atoms with Gasteiger partial charge in [-0.1, -0.05) is 0 Å². The van der Waals surface area contributed by atoms with E-state index < -0.39 is 10.0 Å². The van der Waals surface area contributed by atoms with Gasteiger partial charge in [-0.05, 0) is 30.4 Å². The van der Waals surface area contributed by atoms with Crippen LogP contribution in [0.25, 0.3) is 0 Å². The molecule has 1 atom stereocenters. The van der Waals surface area contributed by atoms with Crippen molar-refractivity contribution in [2.45, 2.75) is 17.4 Å². The first-order valence-corrected chi connectivity index (χ1v) is 8.32.